The molecule has 0 radical (unpaired) electrons. The topological polar surface area (TPSA) is 58.6 Å². The van der Waals surface area contributed by atoms with Crippen molar-refractivity contribution in [3.63, 3.8) is 0 Å². The number of carbonyl (C=O) groups excluding carboxylic acids is 2. The molecule has 27 heavy (non-hydrogen) atoms. The van der Waals surface area contributed by atoms with Crippen LogP contribution in [0.3, 0.4) is 0 Å². The first-order valence-corrected chi connectivity index (χ1v) is 11.3. The van der Waals surface area contributed by atoms with E-state index in [1.807, 2.05) is 11.0 Å². The van der Waals surface area contributed by atoms with E-state index in [9.17, 15) is 9.59 Å². The molecule has 1 aliphatic heterocycles. The van der Waals surface area contributed by atoms with Crippen LogP contribution in [0.15, 0.2) is 6.07 Å². The molecule has 1 aromatic rings. The van der Waals surface area contributed by atoms with Gasteiger partial charge in [0.1, 0.15) is 0 Å². The van der Waals surface area contributed by atoms with E-state index in [1.54, 1.807) is 11.3 Å². The van der Waals surface area contributed by atoms with Crippen LogP contribution >= 0.6 is 11.3 Å². The molecule has 2 aliphatic carbocycles. The molecule has 2 amide bonds. The fourth-order valence-electron chi connectivity index (χ4n) is 4.52. The zero-order valence-corrected chi connectivity index (χ0v) is 16.8. The van der Waals surface area contributed by atoms with E-state index in [-0.39, 0.29) is 17.7 Å². The molecule has 6 heteroatoms. The number of rotatable bonds is 3. The molecule has 0 unspecified atom stereocenters. The van der Waals surface area contributed by atoms with E-state index >= 15 is 0 Å². The Morgan fingerprint density at radius 2 is 1.81 bits per heavy atom. The summed E-state index contributed by atoms with van der Waals surface area (Å²) in [5, 5.41) is 3.32. The van der Waals surface area contributed by atoms with Crippen LogP contribution in [0.2, 0.25) is 0 Å². The molecule has 0 bridgehead atoms. The highest BCUT2D eigenvalue weighted by atomic mass is 32.1. The number of fused-ring (bicyclic) bond motifs is 1. The Labute approximate surface area is 165 Å². The molecule has 1 saturated heterocycles. The third kappa shape index (κ3) is 4.54. The molecule has 1 atom stereocenters. The minimum Gasteiger partial charge on any atom is -0.378 e. The highest BCUT2D eigenvalue weighted by Crippen LogP contribution is 2.33. The van der Waals surface area contributed by atoms with Gasteiger partial charge in [0.15, 0.2) is 0 Å². The lowest BCUT2D eigenvalue weighted by Gasteiger charge is -2.26. The van der Waals surface area contributed by atoms with Gasteiger partial charge in [-0.2, -0.15) is 0 Å². The van der Waals surface area contributed by atoms with Crippen LogP contribution < -0.4 is 5.32 Å². The van der Waals surface area contributed by atoms with Crippen molar-refractivity contribution in [3.05, 3.63) is 21.4 Å². The van der Waals surface area contributed by atoms with E-state index in [0.717, 1.165) is 37.0 Å². The number of thiophene rings is 1. The number of hydrogen-bond acceptors (Lipinski definition) is 4. The summed E-state index contributed by atoms with van der Waals surface area (Å²) >= 11 is 1.63. The van der Waals surface area contributed by atoms with Crippen molar-refractivity contribution in [2.75, 3.05) is 26.3 Å². The number of hydrogen-bond donors (Lipinski definition) is 1. The van der Waals surface area contributed by atoms with Crippen molar-refractivity contribution in [2.45, 2.75) is 63.8 Å². The highest BCUT2D eigenvalue weighted by molar-refractivity contribution is 7.14. The molecule has 1 N–H and O–H groups in total. The molecule has 2 heterocycles. The normalized spacial score (nSPS) is 24.1. The Balaban J connectivity index is 1.37. The maximum Gasteiger partial charge on any atom is 0.264 e. The second-order valence-electron chi connectivity index (χ2n) is 8.10. The lowest BCUT2D eigenvalue weighted by atomic mass is 9.87. The van der Waals surface area contributed by atoms with Crippen LogP contribution in [-0.2, 0) is 22.4 Å². The standard InChI is InChI=1S/C21H30N2O3S/c24-20(22-17-5-3-1-2-4-6-17)15-7-8-18-16(13-15)14-19(27-18)21(25)23-9-11-26-12-10-23/h14-15,17H,1-13H2,(H,22,24)/t15-/m1/s1. The molecule has 148 valence electrons. The molecule has 5 nitrogen and oxygen atoms in total. The maximum absolute atomic E-state index is 12.8. The number of ether oxygens (including phenoxy) is 1. The van der Waals surface area contributed by atoms with Crippen molar-refractivity contribution >= 4 is 23.2 Å². The summed E-state index contributed by atoms with van der Waals surface area (Å²) in [6, 6.07) is 2.41. The van der Waals surface area contributed by atoms with Crippen molar-refractivity contribution in [1.82, 2.24) is 10.2 Å². The largest absolute Gasteiger partial charge is 0.378 e. The molecule has 0 spiro atoms. The molecular weight excluding hydrogens is 360 g/mol. The van der Waals surface area contributed by atoms with E-state index in [4.69, 9.17) is 4.74 Å². The summed E-state index contributed by atoms with van der Waals surface area (Å²) in [7, 11) is 0. The monoisotopic (exact) mass is 390 g/mol. The van der Waals surface area contributed by atoms with Gasteiger partial charge in [0, 0.05) is 29.9 Å². The molecule has 1 aromatic heterocycles. The van der Waals surface area contributed by atoms with Crippen molar-refractivity contribution in [1.29, 1.82) is 0 Å². The first-order valence-electron chi connectivity index (χ1n) is 10.5. The number of carbonyl (C=O) groups is 2. The van der Waals surface area contributed by atoms with Crippen LogP contribution in [0.1, 0.15) is 65.1 Å². The molecular formula is C21H30N2O3S. The summed E-state index contributed by atoms with van der Waals surface area (Å²) in [5.74, 6) is 0.402. The van der Waals surface area contributed by atoms with Crippen LogP contribution in [0.4, 0.5) is 0 Å². The third-order valence-corrected chi connectivity index (χ3v) is 7.39. The van der Waals surface area contributed by atoms with Gasteiger partial charge in [-0.15, -0.1) is 11.3 Å². The Morgan fingerprint density at radius 1 is 1.07 bits per heavy atom. The molecule has 4 rings (SSSR count). The van der Waals surface area contributed by atoms with Crippen molar-refractivity contribution in [3.8, 4) is 0 Å². The van der Waals surface area contributed by atoms with Gasteiger partial charge in [-0.05, 0) is 43.7 Å². The van der Waals surface area contributed by atoms with Gasteiger partial charge in [-0.25, -0.2) is 0 Å². The fraction of sp³-hybridized carbons (Fsp3) is 0.714. The van der Waals surface area contributed by atoms with Crippen LogP contribution in [0.25, 0.3) is 0 Å². The van der Waals surface area contributed by atoms with E-state index in [1.165, 1.54) is 36.1 Å². The van der Waals surface area contributed by atoms with Crippen LogP contribution in [0, 0.1) is 5.92 Å². The van der Waals surface area contributed by atoms with Gasteiger partial charge in [0.2, 0.25) is 5.91 Å². The van der Waals surface area contributed by atoms with Gasteiger partial charge >= 0.3 is 0 Å². The lowest BCUT2D eigenvalue weighted by Crippen LogP contribution is -2.40. The van der Waals surface area contributed by atoms with Gasteiger partial charge in [0.05, 0.1) is 18.1 Å². The fourth-order valence-corrected chi connectivity index (χ4v) is 5.69. The second kappa shape index (κ2) is 8.74. The van der Waals surface area contributed by atoms with Gasteiger partial charge in [-0.3, -0.25) is 9.59 Å². The summed E-state index contributed by atoms with van der Waals surface area (Å²) in [6.45, 7) is 2.60. The van der Waals surface area contributed by atoms with E-state index < -0.39 is 0 Å². The lowest BCUT2D eigenvalue weighted by molar-refractivity contribution is -0.126. The Bertz CT molecular complexity index is 673. The summed E-state index contributed by atoms with van der Waals surface area (Å²) in [5.41, 5.74) is 1.21. The average molecular weight is 391 g/mol. The first-order chi connectivity index (χ1) is 13.2. The maximum atomic E-state index is 12.8. The number of nitrogens with one attached hydrogen (secondary N) is 1. The minimum atomic E-state index is 0.0571. The molecule has 2 fully saturated rings. The smallest absolute Gasteiger partial charge is 0.264 e. The average Bonchev–Trinajstić information content (AvgIpc) is 2.97. The Morgan fingerprint density at radius 3 is 2.56 bits per heavy atom. The predicted molar refractivity (Wildman–Crippen MR) is 106 cm³/mol. The SMILES string of the molecule is O=C(NC1CCCCCC1)[C@@H]1CCc2sc(C(=O)N3CCOCC3)cc2C1. The van der Waals surface area contributed by atoms with E-state index in [2.05, 4.69) is 5.32 Å². The van der Waals surface area contributed by atoms with Gasteiger partial charge < -0.3 is 15.0 Å². The summed E-state index contributed by atoms with van der Waals surface area (Å²) < 4.78 is 5.34. The third-order valence-electron chi connectivity index (χ3n) is 6.16. The zero-order valence-electron chi connectivity index (χ0n) is 16.0. The zero-order chi connectivity index (χ0) is 18.6. The number of nitrogens with zero attached hydrogens (tertiary/aromatic N) is 1. The highest BCUT2D eigenvalue weighted by Gasteiger charge is 2.30. The quantitative estimate of drug-likeness (QED) is 0.807. The van der Waals surface area contributed by atoms with Crippen molar-refractivity contribution in [2.24, 2.45) is 5.92 Å². The Kier molecular flexibility index (Phi) is 6.13. The summed E-state index contributed by atoms with van der Waals surface area (Å²) in [4.78, 5) is 29.5. The van der Waals surface area contributed by atoms with E-state index in [0.29, 0.717) is 32.3 Å². The van der Waals surface area contributed by atoms with Gasteiger partial charge in [-0.1, -0.05) is 25.7 Å². The van der Waals surface area contributed by atoms with Crippen LogP contribution in [0.5, 0.6) is 0 Å². The first kappa shape index (κ1) is 18.9. The second-order valence-corrected chi connectivity index (χ2v) is 9.24. The molecule has 3 aliphatic rings. The van der Waals surface area contributed by atoms with Crippen molar-refractivity contribution < 1.29 is 14.3 Å². The number of morpholine rings is 1. The van der Waals surface area contributed by atoms with Crippen LogP contribution in [-0.4, -0.2) is 49.1 Å². The van der Waals surface area contributed by atoms with Gasteiger partial charge in [0.25, 0.3) is 5.91 Å². The molecule has 0 aromatic carbocycles. The predicted octanol–water partition coefficient (Wildman–Crippen LogP) is 3.16. The minimum absolute atomic E-state index is 0.0571. The number of amides is 2. The number of aryl methyl sites for hydroxylation is 1. The summed E-state index contributed by atoms with van der Waals surface area (Å²) in [6.07, 6.45) is 9.91. The Hall–Kier alpha value is -1.40. The molecule has 1 saturated carbocycles.